The summed E-state index contributed by atoms with van der Waals surface area (Å²) >= 11 is 5.69. The molecule has 1 aromatic heterocycles. The van der Waals surface area contributed by atoms with Crippen molar-refractivity contribution in [2.24, 2.45) is 5.92 Å². The summed E-state index contributed by atoms with van der Waals surface area (Å²) in [6.45, 7) is 4.03. The zero-order chi connectivity index (χ0) is 17.1. The molecule has 0 saturated heterocycles. The zero-order valence-electron chi connectivity index (χ0n) is 12.7. The third-order valence-electron chi connectivity index (χ3n) is 3.56. The molecule has 0 aliphatic carbocycles. The molecule has 0 aliphatic heterocycles. The SMILES string of the molecule is CCN(C[C@H](C)C#N)C(=O)c1c[nH]c2c(F)c(Cl)ccc2c1=O. The molecule has 0 bridgehead atoms. The van der Waals surface area contributed by atoms with Crippen LogP contribution in [-0.2, 0) is 0 Å². The maximum absolute atomic E-state index is 13.9. The highest BCUT2D eigenvalue weighted by atomic mass is 35.5. The predicted octanol–water partition coefficient (Wildman–Crippen LogP) is 2.94. The van der Waals surface area contributed by atoms with Crippen molar-refractivity contribution in [3.8, 4) is 6.07 Å². The lowest BCUT2D eigenvalue weighted by Gasteiger charge is -2.21. The molecule has 0 unspecified atom stereocenters. The second kappa shape index (κ2) is 6.80. The van der Waals surface area contributed by atoms with E-state index in [1.807, 2.05) is 6.07 Å². The normalized spacial score (nSPS) is 12.0. The summed E-state index contributed by atoms with van der Waals surface area (Å²) in [7, 11) is 0. The molecule has 1 heterocycles. The Morgan fingerprint density at radius 2 is 2.22 bits per heavy atom. The second-order valence-corrected chi connectivity index (χ2v) is 5.60. The lowest BCUT2D eigenvalue weighted by Crippen LogP contribution is -2.37. The van der Waals surface area contributed by atoms with Gasteiger partial charge in [-0.25, -0.2) is 4.39 Å². The first-order valence-corrected chi connectivity index (χ1v) is 7.46. The van der Waals surface area contributed by atoms with E-state index >= 15 is 0 Å². The molecule has 1 amide bonds. The van der Waals surface area contributed by atoms with Gasteiger partial charge in [-0.05, 0) is 26.0 Å². The molecule has 5 nitrogen and oxygen atoms in total. The number of fused-ring (bicyclic) bond motifs is 1. The van der Waals surface area contributed by atoms with Crippen molar-refractivity contribution < 1.29 is 9.18 Å². The number of nitrogens with one attached hydrogen (secondary N) is 1. The number of benzene rings is 1. The monoisotopic (exact) mass is 335 g/mol. The zero-order valence-corrected chi connectivity index (χ0v) is 13.4. The quantitative estimate of drug-likeness (QED) is 0.933. The minimum Gasteiger partial charge on any atom is -0.358 e. The van der Waals surface area contributed by atoms with Gasteiger partial charge in [0.25, 0.3) is 5.91 Å². The Morgan fingerprint density at radius 1 is 1.52 bits per heavy atom. The molecule has 1 atom stereocenters. The van der Waals surface area contributed by atoms with Crippen molar-refractivity contribution in [3.63, 3.8) is 0 Å². The molecule has 2 rings (SSSR count). The maximum Gasteiger partial charge on any atom is 0.259 e. The van der Waals surface area contributed by atoms with Gasteiger partial charge in [0.15, 0.2) is 5.82 Å². The molecule has 0 saturated carbocycles. The number of aromatic nitrogens is 1. The van der Waals surface area contributed by atoms with Crippen LogP contribution in [-0.4, -0.2) is 28.9 Å². The number of hydrogen-bond acceptors (Lipinski definition) is 3. The van der Waals surface area contributed by atoms with E-state index in [1.165, 1.54) is 23.2 Å². The van der Waals surface area contributed by atoms with Gasteiger partial charge in [-0.1, -0.05) is 11.6 Å². The van der Waals surface area contributed by atoms with E-state index in [1.54, 1.807) is 13.8 Å². The molecule has 0 fully saturated rings. The van der Waals surface area contributed by atoms with Gasteiger partial charge in [-0.2, -0.15) is 5.26 Å². The van der Waals surface area contributed by atoms with Gasteiger partial charge in [0.1, 0.15) is 5.56 Å². The van der Waals surface area contributed by atoms with E-state index in [2.05, 4.69) is 4.98 Å². The Morgan fingerprint density at radius 3 is 2.83 bits per heavy atom. The lowest BCUT2D eigenvalue weighted by molar-refractivity contribution is 0.0751. The molecule has 1 N–H and O–H groups in total. The molecule has 0 radical (unpaired) electrons. The molecule has 0 aliphatic rings. The Balaban J connectivity index is 2.50. The van der Waals surface area contributed by atoms with Crippen molar-refractivity contribution in [3.05, 3.63) is 45.0 Å². The highest BCUT2D eigenvalue weighted by Gasteiger charge is 2.21. The first-order chi connectivity index (χ1) is 10.9. The fraction of sp³-hybridized carbons (Fsp3) is 0.312. The molecule has 120 valence electrons. The number of carbonyl (C=O) groups is 1. The van der Waals surface area contributed by atoms with Crippen LogP contribution in [0.5, 0.6) is 0 Å². The number of halogens is 2. The average molecular weight is 336 g/mol. The molecule has 7 heteroatoms. The Labute approximate surface area is 137 Å². The van der Waals surface area contributed by atoms with Crippen LogP contribution in [0.4, 0.5) is 4.39 Å². The van der Waals surface area contributed by atoms with Crippen LogP contribution in [0.3, 0.4) is 0 Å². The number of rotatable bonds is 4. The summed E-state index contributed by atoms with van der Waals surface area (Å²) in [5.41, 5.74) is -0.693. The number of carbonyl (C=O) groups excluding carboxylic acids is 1. The molecule has 2 aromatic rings. The number of nitrogens with zero attached hydrogens (tertiary/aromatic N) is 2. The van der Waals surface area contributed by atoms with E-state index in [0.717, 1.165) is 0 Å². The first kappa shape index (κ1) is 17.0. The van der Waals surface area contributed by atoms with Crippen LogP contribution in [0, 0.1) is 23.1 Å². The number of hydrogen-bond donors (Lipinski definition) is 1. The smallest absolute Gasteiger partial charge is 0.259 e. The van der Waals surface area contributed by atoms with Crippen molar-refractivity contribution >= 4 is 28.4 Å². The van der Waals surface area contributed by atoms with Crippen molar-refractivity contribution in [1.82, 2.24) is 9.88 Å². The van der Waals surface area contributed by atoms with Crippen LogP contribution < -0.4 is 5.43 Å². The third kappa shape index (κ3) is 3.20. The fourth-order valence-electron chi connectivity index (χ4n) is 2.29. The molecule has 0 spiro atoms. The Hall–Kier alpha value is -2.39. The van der Waals surface area contributed by atoms with Crippen LogP contribution in [0.2, 0.25) is 5.02 Å². The summed E-state index contributed by atoms with van der Waals surface area (Å²) in [6.07, 6.45) is 1.19. The van der Waals surface area contributed by atoms with E-state index in [0.29, 0.717) is 6.54 Å². The Bertz CT molecular complexity index is 857. The predicted molar refractivity (Wildman–Crippen MR) is 85.9 cm³/mol. The van der Waals surface area contributed by atoms with Crippen LogP contribution in [0.15, 0.2) is 23.1 Å². The standard InChI is InChI=1S/C16H15ClFN3O2/c1-3-21(8-9(2)6-19)16(23)11-7-20-14-10(15(11)22)4-5-12(17)13(14)18/h4-5,7,9H,3,8H2,1-2H3,(H,20,22)/t9-/m1/s1. The summed E-state index contributed by atoms with van der Waals surface area (Å²) in [6, 6.07) is 4.71. The lowest BCUT2D eigenvalue weighted by atomic mass is 10.1. The number of amides is 1. The topological polar surface area (TPSA) is 77.0 Å². The minimum absolute atomic E-state index is 0.0347. The van der Waals surface area contributed by atoms with Gasteiger partial charge >= 0.3 is 0 Å². The number of H-pyrrole nitrogens is 1. The minimum atomic E-state index is -0.731. The van der Waals surface area contributed by atoms with Gasteiger partial charge in [0.2, 0.25) is 5.43 Å². The summed E-state index contributed by atoms with van der Waals surface area (Å²) < 4.78 is 13.9. The van der Waals surface area contributed by atoms with Gasteiger partial charge in [0.05, 0.1) is 22.5 Å². The average Bonchev–Trinajstić information content (AvgIpc) is 2.55. The molecule has 1 aromatic carbocycles. The number of pyridine rings is 1. The highest BCUT2D eigenvalue weighted by molar-refractivity contribution is 6.31. The van der Waals surface area contributed by atoms with Crippen LogP contribution in [0.1, 0.15) is 24.2 Å². The van der Waals surface area contributed by atoms with Crippen LogP contribution in [0.25, 0.3) is 10.9 Å². The molecular formula is C16H15ClFN3O2. The fourth-order valence-corrected chi connectivity index (χ4v) is 2.45. The summed E-state index contributed by atoms with van der Waals surface area (Å²) in [5.74, 6) is -1.58. The molecule has 23 heavy (non-hydrogen) atoms. The highest BCUT2D eigenvalue weighted by Crippen LogP contribution is 2.21. The van der Waals surface area contributed by atoms with E-state index < -0.39 is 17.2 Å². The van der Waals surface area contributed by atoms with Crippen molar-refractivity contribution in [2.45, 2.75) is 13.8 Å². The number of aromatic amines is 1. The van der Waals surface area contributed by atoms with Gasteiger partial charge < -0.3 is 9.88 Å². The van der Waals surface area contributed by atoms with E-state index in [9.17, 15) is 14.0 Å². The van der Waals surface area contributed by atoms with E-state index in [4.69, 9.17) is 16.9 Å². The first-order valence-electron chi connectivity index (χ1n) is 7.09. The largest absolute Gasteiger partial charge is 0.358 e. The maximum atomic E-state index is 13.9. The van der Waals surface area contributed by atoms with Gasteiger partial charge in [-0.15, -0.1) is 0 Å². The van der Waals surface area contributed by atoms with Gasteiger partial charge in [0, 0.05) is 24.7 Å². The Kier molecular flexibility index (Phi) is 5.02. The van der Waals surface area contributed by atoms with Crippen molar-refractivity contribution in [2.75, 3.05) is 13.1 Å². The summed E-state index contributed by atoms with van der Waals surface area (Å²) in [4.78, 5) is 29.0. The van der Waals surface area contributed by atoms with Crippen LogP contribution >= 0.6 is 11.6 Å². The van der Waals surface area contributed by atoms with Gasteiger partial charge in [-0.3, -0.25) is 9.59 Å². The third-order valence-corrected chi connectivity index (χ3v) is 3.85. The summed E-state index contributed by atoms with van der Waals surface area (Å²) in [5, 5.41) is 8.83. The number of nitriles is 1. The van der Waals surface area contributed by atoms with Crippen molar-refractivity contribution in [1.29, 1.82) is 5.26 Å². The second-order valence-electron chi connectivity index (χ2n) is 5.19. The van der Waals surface area contributed by atoms with E-state index in [-0.39, 0.29) is 34.0 Å². The molecular weight excluding hydrogens is 321 g/mol.